The van der Waals surface area contributed by atoms with Gasteiger partial charge in [-0.15, -0.1) is 0 Å². The van der Waals surface area contributed by atoms with Crippen molar-refractivity contribution in [2.75, 3.05) is 16.8 Å². The van der Waals surface area contributed by atoms with Gasteiger partial charge in [-0.25, -0.2) is 8.42 Å². The van der Waals surface area contributed by atoms with E-state index >= 15 is 0 Å². The van der Waals surface area contributed by atoms with Crippen LogP contribution in [0.25, 0.3) is 6.08 Å². The zero-order chi connectivity index (χ0) is 22.7. The summed E-state index contributed by atoms with van der Waals surface area (Å²) in [5, 5.41) is 3.25. The van der Waals surface area contributed by atoms with Crippen molar-refractivity contribution in [3.05, 3.63) is 82.3 Å². The first-order valence-corrected chi connectivity index (χ1v) is 11.5. The lowest BCUT2D eigenvalue weighted by molar-refractivity contribution is -0.111. The molecule has 0 aliphatic carbocycles. The summed E-state index contributed by atoms with van der Waals surface area (Å²) < 4.78 is 38.2. The van der Waals surface area contributed by atoms with Crippen LogP contribution in [-0.2, 0) is 14.8 Å². The molecule has 1 aliphatic rings. The molecule has 0 atom stereocenters. The molecule has 0 bridgehead atoms. The van der Waals surface area contributed by atoms with Gasteiger partial charge in [0.25, 0.3) is 10.0 Å². The summed E-state index contributed by atoms with van der Waals surface area (Å²) in [6, 6.07) is 15.5. The van der Waals surface area contributed by atoms with E-state index in [2.05, 4.69) is 10.0 Å². The molecule has 0 spiro atoms. The summed E-state index contributed by atoms with van der Waals surface area (Å²) in [6.07, 6.45) is 3.00. The van der Waals surface area contributed by atoms with Gasteiger partial charge in [0, 0.05) is 16.8 Å². The third-order valence-electron chi connectivity index (χ3n) is 4.43. The Kier molecular flexibility index (Phi) is 6.27. The summed E-state index contributed by atoms with van der Waals surface area (Å²) in [4.78, 5) is 12.2. The number of nitrogens with one attached hydrogen (secondary N) is 2. The Bertz CT molecular complexity index is 1310. The molecule has 4 rings (SSSR count). The summed E-state index contributed by atoms with van der Waals surface area (Å²) in [5.41, 5.74) is 1.42. The number of halogens is 2. The predicted molar refractivity (Wildman–Crippen MR) is 124 cm³/mol. The highest BCUT2D eigenvalue weighted by Crippen LogP contribution is 2.33. The van der Waals surface area contributed by atoms with Crippen molar-refractivity contribution in [3.63, 3.8) is 0 Å². The number of fused-ring (bicyclic) bond motifs is 1. The highest BCUT2D eigenvalue weighted by atomic mass is 35.5. The molecule has 3 aromatic carbocycles. The van der Waals surface area contributed by atoms with Gasteiger partial charge in [0.1, 0.15) is 0 Å². The lowest BCUT2D eigenvalue weighted by Gasteiger charge is -2.10. The summed E-state index contributed by atoms with van der Waals surface area (Å²) in [5.74, 6) is 0.914. The third kappa shape index (κ3) is 5.16. The average molecular weight is 491 g/mol. The molecule has 0 aromatic heterocycles. The van der Waals surface area contributed by atoms with Crippen LogP contribution in [0.1, 0.15) is 5.56 Å². The standard InChI is InChI=1S/C22H16Cl2N2O5S/c23-15-3-8-19(18(24)12-15)26-32(28,29)17-6-4-16(5-7-17)25-22(27)10-2-14-1-9-20-21(11-14)31-13-30-20/h1-12,26H,13H2,(H,25,27). The van der Waals surface area contributed by atoms with Crippen molar-refractivity contribution in [3.8, 4) is 11.5 Å². The minimum atomic E-state index is -3.87. The smallest absolute Gasteiger partial charge is 0.261 e. The van der Waals surface area contributed by atoms with E-state index in [9.17, 15) is 13.2 Å². The lowest BCUT2D eigenvalue weighted by Crippen LogP contribution is -2.13. The first-order chi connectivity index (χ1) is 15.3. The first kappa shape index (κ1) is 22.0. The summed E-state index contributed by atoms with van der Waals surface area (Å²) >= 11 is 11.9. The molecule has 0 fully saturated rings. The number of sulfonamides is 1. The first-order valence-electron chi connectivity index (χ1n) is 9.27. The van der Waals surface area contributed by atoms with Gasteiger partial charge in [-0.05, 0) is 66.2 Å². The molecule has 0 unspecified atom stereocenters. The number of carbonyl (C=O) groups excluding carboxylic acids is 1. The molecule has 1 aliphatic heterocycles. The number of carbonyl (C=O) groups is 1. The molecule has 0 saturated heterocycles. The molecular weight excluding hydrogens is 475 g/mol. The van der Waals surface area contributed by atoms with Crippen molar-refractivity contribution in [1.82, 2.24) is 0 Å². The Hall–Kier alpha value is -3.20. The van der Waals surface area contributed by atoms with Crippen LogP contribution in [0, 0.1) is 0 Å². The SMILES string of the molecule is O=C(C=Cc1ccc2c(c1)OCO2)Nc1ccc(S(=O)(=O)Nc2ccc(Cl)cc2Cl)cc1. The molecule has 0 saturated carbocycles. The van der Waals surface area contributed by atoms with E-state index in [1.165, 1.54) is 48.5 Å². The molecule has 10 heteroatoms. The number of amides is 1. The van der Waals surface area contributed by atoms with Crippen LogP contribution in [0.3, 0.4) is 0 Å². The van der Waals surface area contributed by atoms with Gasteiger partial charge >= 0.3 is 0 Å². The maximum Gasteiger partial charge on any atom is 0.261 e. The van der Waals surface area contributed by atoms with E-state index in [1.54, 1.807) is 24.3 Å². The van der Waals surface area contributed by atoms with Crippen LogP contribution in [0.5, 0.6) is 11.5 Å². The minimum absolute atomic E-state index is 0.0115. The molecular formula is C22H16Cl2N2O5S. The van der Waals surface area contributed by atoms with Crippen LogP contribution < -0.4 is 19.5 Å². The van der Waals surface area contributed by atoms with Crippen LogP contribution >= 0.6 is 23.2 Å². The Morgan fingerprint density at radius 2 is 1.69 bits per heavy atom. The number of hydrogen-bond donors (Lipinski definition) is 2. The number of ether oxygens (including phenoxy) is 2. The van der Waals surface area contributed by atoms with E-state index in [1.807, 2.05) is 0 Å². The highest BCUT2D eigenvalue weighted by molar-refractivity contribution is 7.92. The van der Waals surface area contributed by atoms with E-state index in [-0.39, 0.29) is 28.3 Å². The third-order valence-corrected chi connectivity index (χ3v) is 6.36. The van der Waals surface area contributed by atoms with Crippen molar-refractivity contribution < 1.29 is 22.7 Å². The second-order valence-electron chi connectivity index (χ2n) is 6.69. The van der Waals surface area contributed by atoms with Gasteiger partial charge < -0.3 is 14.8 Å². The molecule has 3 aromatic rings. The fourth-order valence-corrected chi connectivity index (χ4v) is 4.46. The van der Waals surface area contributed by atoms with Crippen molar-refractivity contribution >= 4 is 56.6 Å². The maximum atomic E-state index is 12.6. The minimum Gasteiger partial charge on any atom is -0.454 e. The van der Waals surface area contributed by atoms with Crippen molar-refractivity contribution in [2.24, 2.45) is 0 Å². The Morgan fingerprint density at radius 1 is 0.938 bits per heavy atom. The fraction of sp³-hybridized carbons (Fsp3) is 0.0455. The quantitative estimate of drug-likeness (QED) is 0.464. The Labute approximate surface area is 194 Å². The van der Waals surface area contributed by atoms with Gasteiger partial charge in [-0.3, -0.25) is 9.52 Å². The molecule has 2 N–H and O–H groups in total. The van der Waals surface area contributed by atoms with Crippen LogP contribution in [0.2, 0.25) is 10.0 Å². The molecule has 1 heterocycles. The zero-order valence-corrected chi connectivity index (χ0v) is 18.7. The van der Waals surface area contributed by atoms with E-state index in [4.69, 9.17) is 32.7 Å². The fourth-order valence-electron chi connectivity index (χ4n) is 2.87. The maximum absolute atomic E-state index is 12.6. The normalized spacial score (nSPS) is 12.7. The summed E-state index contributed by atoms with van der Waals surface area (Å²) in [6.45, 7) is 0.178. The van der Waals surface area contributed by atoms with Gasteiger partial charge in [0.2, 0.25) is 12.7 Å². The molecule has 164 valence electrons. The largest absolute Gasteiger partial charge is 0.454 e. The zero-order valence-electron chi connectivity index (χ0n) is 16.3. The van der Waals surface area contributed by atoms with Crippen LogP contribution in [-0.4, -0.2) is 21.1 Å². The average Bonchev–Trinajstić information content (AvgIpc) is 3.22. The number of hydrogen-bond acceptors (Lipinski definition) is 5. The van der Waals surface area contributed by atoms with Gasteiger partial charge in [-0.1, -0.05) is 29.3 Å². The molecule has 7 nitrogen and oxygen atoms in total. The number of benzene rings is 3. The topological polar surface area (TPSA) is 93.7 Å². The Balaban J connectivity index is 1.40. The number of anilines is 2. The van der Waals surface area contributed by atoms with Crippen LogP contribution in [0.15, 0.2) is 71.6 Å². The predicted octanol–water partition coefficient (Wildman–Crippen LogP) is 5.17. The Morgan fingerprint density at radius 3 is 2.44 bits per heavy atom. The molecule has 1 amide bonds. The van der Waals surface area contributed by atoms with Gasteiger partial charge in [0.15, 0.2) is 11.5 Å². The van der Waals surface area contributed by atoms with Gasteiger partial charge in [0.05, 0.1) is 15.6 Å². The van der Waals surface area contributed by atoms with Gasteiger partial charge in [-0.2, -0.15) is 0 Å². The second-order valence-corrected chi connectivity index (χ2v) is 9.22. The van der Waals surface area contributed by atoms with E-state index in [0.29, 0.717) is 22.2 Å². The molecule has 0 radical (unpaired) electrons. The second kappa shape index (κ2) is 9.12. The monoisotopic (exact) mass is 490 g/mol. The summed E-state index contributed by atoms with van der Waals surface area (Å²) in [7, 11) is -3.87. The highest BCUT2D eigenvalue weighted by Gasteiger charge is 2.16. The number of rotatable bonds is 6. The van der Waals surface area contributed by atoms with Crippen molar-refractivity contribution in [1.29, 1.82) is 0 Å². The molecule has 32 heavy (non-hydrogen) atoms. The lowest BCUT2D eigenvalue weighted by atomic mass is 10.2. The van der Waals surface area contributed by atoms with E-state index < -0.39 is 10.0 Å². The van der Waals surface area contributed by atoms with Crippen LogP contribution in [0.4, 0.5) is 11.4 Å². The van der Waals surface area contributed by atoms with Crippen molar-refractivity contribution in [2.45, 2.75) is 4.90 Å². The van der Waals surface area contributed by atoms with E-state index in [0.717, 1.165) is 5.56 Å².